The number of benzene rings is 2. The molecule has 3 aliphatic heterocycles. The van der Waals surface area contributed by atoms with Gasteiger partial charge >= 0.3 is 0 Å². The van der Waals surface area contributed by atoms with Gasteiger partial charge in [0.1, 0.15) is 29.2 Å². The summed E-state index contributed by atoms with van der Waals surface area (Å²) in [6.07, 6.45) is 7.52. The van der Waals surface area contributed by atoms with Gasteiger partial charge in [0.05, 0.1) is 27.6 Å². The second-order valence-corrected chi connectivity index (χ2v) is 15.9. The first kappa shape index (κ1) is 38.3. The highest BCUT2D eigenvalue weighted by Crippen LogP contribution is 2.29. The van der Waals surface area contributed by atoms with Gasteiger partial charge < -0.3 is 19.9 Å². The Morgan fingerprint density at radius 1 is 0.912 bits per heavy atom. The molecule has 2 aromatic heterocycles. The van der Waals surface area contributed by atoms with Crippen LogP contribution in [0.1, 0.15) is 73.3 Å². The zero-order chi connectivity index (χ0) is 39.5. The second kappa shape index (κ2) is 16.9. The third-order valence-electron chi connectivity index (χ3n) is 11.7. The highest BCUT2D eigenvalue weighted by atomic mass is 35.5. The van der Waals surface area contributed by atoms with E-state index < -0.39 is 17.5 Å². The third-order valence-corrected chi connectivity index (χ3v) is 12.1. The zero-order valence-corrected chi connectivity index (χ0v) is 32.4. The van der Waals surface area contributed by atoms with Crippen LogP contribution in [0.2, 0.25) is 5.02 Å². The molecule has 3 amide bonds. The van der Waals surface area contributed by atoms with Gasteiger partial charge in [0.15, 0.2) is 0 Å². The summed E-state index contributed by atoms with van der Waals surface area (Å²) in [5.74, 6) is 1.17. The molecule has 5 heterocycles. The van der Waals surface area contributed by atoms with E-state index in [1.165, 1.54) is 0 Å². The molecule has 0 spiro atoms. The van der Waals surface area contributed by atoms with Crippen LogP contribution < -0.4 is 30.7 Å². The van der Waals surface area contributed by atoms with E-state index in [-0.39, 0.29) is 36.8 Å². The fourth-order valence-electron chi connectivity index (χ4n) is 8.41. The van der Waals surface area contributed by atoms with E-state index in [0.717, 1.165) is 101 Å². The molecule has 3 saturated heterocycles. The lowest BCUT2D eigenvalue weighted by Crippen LogP contribution is -2.49. The SMILES string of the molecule is N#Cc1ccc(OC2CCC(NC(=O)c3ccc(N4CCC(CN5CCN(c6ccc7c(=O)n(C8CCC(=O)NC8=O)nnc7c6)CC5)CC4)nc3)CC2)cc1Cl. The minimum Gasteiger partial charge on any atom is -0.490 e. The van der Waals surface area contributed by atoms with Gasteiger partial charge in [-0.2, -0.15) is 9.94 Å². The normalized spacial score (nSPS) is 22.2. The summed E-state index contributed by atoms with van der Waals surface area (Å²) in [6.45, 7) is 6.50. The Kier molecular flexibility index (Phi) is 11.3. The molecule has 1 atom stereocenters. The maximum Gasteiger partial charge on any atom is 0.278 e. The quantitative estimate of drug-likeness (QED) is 0.235. The van der Waals surface area contributed by atoms with Crippen molar-refractivity contribution >= 4 is 51.7 Å². The number of rotatable bonds is 9. The number of nitriles is 1. The molecule has 1 saturated carbocycles. The Morgan fingerprint density at radius 2 is 1.70 bits per heavy atom. The molecule has 4 fully saturated rings. The number of nitrogens with zero attached hydrogens (tertiary/aromatic N) is 8. The molecule has 2 aromatic carbocycles. The van der Waals surface area contributed by atoms with Crippen LogP contribution in [0.4, 0.5) is 11.5 Å². The molecular weight excluding hydrogens is 748 g/mol. The van der Waals surface area contributed by atoms with Gasteiger partial charge in [0, 0.05) is 76.2 Å². The van der Waals surface area contributed by atoms with E-state index in [0.29, 0.717) is 38.7 Å². The van der Waals surface area contributed by atoms with Crippen molar-refractivity contribution in [1.29, 1.82) is 5.26 Å². The van der Waals surface area contributed by atoms with Crippen molar-refractivity contribution < 1.29 is 19.1 Å². The number of aromatic nitrogens is 4. The number of carbonyl (C=O) groups is 3. The molecular formula is C41H45ClN10O5. The lowest BCUT2D eigenvalue weighted by molar-refractivity contribution is -0.136. The summed E-state index contributed by atoms with van der Waals surface area (Å²) in [5, 5.41) is 23.6. The number of anilines is 2. The maximum atomic E-state index is 13.2. The van der Waals surface area contributed by atoms with Gasteiger partial charge in [-0.25, -0.2) is 4.98 Å². The number of piperidine rings is 2. The molecule has 8 rings (SSSR count). The fraction of sp³-hybridized carbons (Fsp3) is 0.463. The van der Waals surface area contributed by atoms with E-state index in [2.05, 4.69) is 46.7 Å². The number of amides is 3. The van der Waals surface area contributed by atoms with Gasteiger partial charge in [-0.05, 0) is 93.3 Å². The highest BCUT2D eigenvalue weighted by molar-refractivity contribution is 6.31. The third kappa shape index (κ3) is 8.72. The summed E-state index contributed by atoms with van der Waals surface area (Å²) in [6, 6.07) is 15.8. The van der Waals surface area contributed by atoms with Crippen molar-refractivity contribution in [2.24, 2.45) is 5.92 Å². The number of imide groups is 1. The summed E-state index contributed by atoms with van der Waals surface area (Å²) >= 11 is 6.15. The Hall–Kier alpha value is -5.59. The number of fused-ring (bicyclic) bond motifs is 1. The van der Waals surface area contributed by atoms with E-state index in [4.69, 9.17) is 21.6 Å². The van der Waals surface area contributed by atoms with Crippen LogP contribution in [0.5, 0.6) is 5.75 Å². The molecule has 15 nitrogen and oxygen atoms in total. The lowest BCUT2D eigenvalue weighted by atomic mass is 9.92. The van der Waals surface area contributed by atoms with Gasteiger partial charge in [0.2, 0.25) is 5.91 Å². The molecule has 16 heteroatoms. The smallest absolute Gasteiger partial charge is 0.278 e. The van der Waals surface area contributed by atoms with Crippen LogP contribution in [-0.4, -0.2) is 101 Å². The number of hydrogen-bond acceptors (Lipinski definition) is 12. The number of piperazine rings is 1. The van der Waals surface area contributed by atoms with E-state index in [1.807, 2.05) is 24.3 Å². The van der Waals surface area contributed by atoms with E-state index >= 15 is 0 Å². The first-order valence-electron chi connectivity index (χ1n) is 19.8. The van der Waals surface area contributed by atoms with Gasteiger partial charge in [-0.3, -0.25) is 29.4 Å². The molecule has 0 bridgehead atoms. The molecule has 4 aromatic rings. The second-order valence-electron chi connectivity index (χ2n) is 15.4. The first-order chi connectivity index (χ1) is 27.7. The summed E-state index contributed by atoms with van der Waals surface area (Å²) in [5.41, 5.74) is 2.06. The first-order valence-corrected chi connectivity index (χ1v) is 20.2. The Labute approximate surface area is 334 Å². The van der Waals surface area contributed by atoms with E-state index in [1.54, 1.807) is 30.5 Å². The monoisotopic (exact) mass is 792 g/mol. The number of ether oxygens (including phenoxy) is 1. The van der Waals surface area contributed by atoms with Gasteiger partial charge in [0.25, 0.3) is 17.4 Å². The molecule has 2 N–H and O–H groups in total. The number of pyridine rings is 1. The van der Waals surface area contributed by atoms with Crippen LogP contribution >= 0.6 is 11.6 Å². The summed E-state index contributed by atoms with van der Waals surface area (Å²) in [7, 11) is 0. The minimum atomic E-state index is -0.843. The molecule has 296 valence electrons. The predicted octanol–water partition coefficient (Wildman–Crippen LogP) is 3.85. The van der Waals surface area contributed by atoms with Crippen molar-refractivity contribution in [3.63, 3.8) is 0 Å². The Morgan fingerprint density at radius 3 is 2.40 bits per heavy atom. The van der Waals surface area contributed by atoms with E-state index in [9.17, 15) is 19.2 Å². The number of nitrogens with one attached hydrogen (secondary N) is 2. The molecule has 57 heavy (non-hydrogen) atoms. The number of carbonyl (C=O) groups excluding carboxylic acids is 3. The molecule has 1 unspecified atom stereocenters. The van der Waals surface area contributed by atoms with Crippen LogP contribution in [0.25, 0.3) is 10.9 Å². The largest absolute Gasteiger partial charge is 0.490 e. The van der Waals surface area contributed by atoms with Crippen molar-refractivity contribution in [1.82, 2.24) is 35.5 Å². The van der Waals surface area contributed by atoms with Crippen molar-refractivity contribution in [3.05, 3.63) is 81.2 Å². The Balaban J connectivity index is 0.756. The molecule has 4 aliphatic rings. The van der Waals surface area contributed by atoms with Crippen LogP contribution in [0.15, 0.2) is 59.5 Å². The maximum absolute atomic E-state index is 13.2. The number of hydrogen-bond donors (Lipinski definition) is 2. The van der Waals surface area contributed by atoms with Crippen LogP contribution in [0.3, 0.4) is 0 Å². The van der Waals surface area contributed by atoms with Gasteiger partial charge in [-0.15, -0.1) is 5.10 Å². The highest BCUT2D eigenvalue weighted by Gasteiger charge is 2.31. The van der Waals surface area contributed by atoms with Crippen molar-refractivity contribution in [3.8, 4) is 11.8 Å². The zero-order valence-electron chi connectivity index (χ0n) is 31.6. The lowest BCUT2D eigenvalue weighted by Gasteiger charge is -2.39. The average molecular weight is 793 g/mol. The summed E-state index contributed by atoms with van der Waals surface area (Å²) in [4.78, 5) is 61.9. The molecule has 0 radical (unpaired) electrons. The predicted molar refractivity (Wildman–Crippen MR) is 213 cm³/mol. The van der Waals surface area contributed by atoms with Crippen molar-refractivity contribution in [2.45, 2.75) is 69.6 Å². The summed E-state index contributed by atoms with van der Waals surface area (Å²) < 4.78 is 7.18. The number of halogens is 1. The molecule has 1 aliphatic carbocycles. The Bertz CT molecular complexity index is 2240. The standard InChI is InChI=1S/C41H45ClN10O5/c42-34-22-32(6-1-27(34)23-43)57-31-7-3-29(4-8-31)45-39(54)28-2-11-37(44-24-28)51-15-13-26(14-16-51)25-49-17-19-50(20-18-49)30-5-9-33-35(21-30)47-48-52(41(33)56)36-10-12-38(53)46-40(36)55/h1-2,5-6,9,11,21-22,24,26,29,31,36H,3-4,7-8,10,12-20,25H2,(H,45,54)(H,46,53,55). The fourth-order valence-corrected chi connectivity index (χ4v) is 8.62. The topological polar surface area (TPSA) is 179 Å². The van der Waals surface area contributed by atoms with Crippen molar-refractivity contribution in [2.75, 3.05) is 55.6 Å². The van der Waals surface area contributed by atoms with Crippen LogP contribution in [0, 0.1) is 17.2 Å². The average Bonchev–Trinajstić information content (AvgIpc) is 3.23. The minimum absolute atomic E-state index is 0.0396. The van der Waals surface area contributed by atoms with Crippen LogP contribution in [-0.2, 0) is 9.59 Å². The van der Waals surface area contributed by atoms with Gasteiger partial charge in [-0.1, -0.05) is 16.8 Å².